The summed E-state index contributed by atoms with van der Waals surface area (Å²) in [6, 6.07) is 19.5. The minimum absolute atomic E-state index is 0.0312. The normalized spacial score (nSPS) is 11.6. The molecule has 0 aliphatic heterocycles. The summed E-state index contributed by atoms with van der Waals surface area (Å²) in [5.74, 6) is -0.428. The molecule has 10 nitrogen and oxygen atoms in total. The zero-order valence-corrected chi connectivity index (χ0v) is 23.1. The van der Waals surface area contributed by atoms with E-state index in [0.29, 0.717) is 24.2 Å². The number of nitrogens with one attached hydrogen (secondary N) is 1. The number of hydrogen-bond donors (Lipinski definition) is 4. The molecule has 0 unspecified atom stereocenters. The molecule has 0 saturated carbocycles. The summed E-state index contributed by atoms with van der Waals surface area (Å²) in [5.41, 5.74) is 10.3. The van der Waals surface area contributed by atoms with E-state index in [0.717, 1.165) is 43.5 Å². The van der Waals surface area contributed by atoms with Crippen LogP contribution in [0.25, 0.3) is 38.6 Å². The van der Waals surface area contributed by atoms with E-state index < -0.39 is 17.5 Å². The molecule has 0 aliphatic rings. The van der Waals surface area contributed by atoms with Gasteiger partial charge >= 0.3 is 6.09 Å². The molecule has 0 bridgehead atoms. The summed E-state index contributed by atoms with van der Waals surface area (Å²) in [6.45, 7) is 5.89. The lowest BCUT2D eigenvalue weighted by Gasteiger charge is -2.30. The van der Waals surface area contributed by atoms with E-state index in [1.54, 1.807) is 39.2 Å². The number of primary amides is 1. The number of nitrogens with two attached hydrogens (primary N) is 1. The quantitative estimate of drug-likeness (QED) is 0.188. The predicted octanol–water partition coefficient (Wildman–Crippen LogP) is 5.42. The zero-order chi connectivity index (χ0) is 29.3. The number of amides is 2. The van der Waals surface area contributed by atoms with Crippen LogP contribution in [0.4, 0.5) is 16.4 Å². The number of carbonyl (C=O) groups excluding carboxylic acids is 1. The van der Waals surface area contributed by atoms with Crippen molar-refractivity contribution in [1.29, 1.82) is 0 Å². The second-order valence-corrected chi connectivity index (χ2v) is 10.7. The van der Waals surface area contributed by atoms with Crippen molar-refractivity contribution in [3.8, 4) is 16.8 Å². The van der Waals surface area contributed by atoms with Gasteiger partial charge in [0.1, 0.15) is 0 Å². The fourth-order valence-corrected chi connectivity index (χ4v) is 5.12. The third-order valence-electron chi connectivity index (χ3n) is 6.89. The van der Waals surface area contributed by atoms with Gasteiger partial charge in [0.2, 0.25) is 5.95 Å². The van der Waals surface area contributed by atoms with E-state index in [1.165, 1.54) is 0 Å². The van der Waals surface area contributed by atoms with Crippen LogP contribution in [-0.2, 0) is 0 Å². The molecule has 2 heterocycles. The highest BCUT2D eigenvalue weighted by molar-refractivity contribution is 6.15. The highest BCUT2D eigenvalue weighted by Crippen LogP contribution is 2.39. The maximum atomic E-state index is 12.1. The summed E-state index contributed by atoms with van der Waals surface area (Å²) in [7, 11) is 0. The van der Waals surface area contributed by atoms with Crippen LogP contribution in [0.5, 0.6) is 0 Å². The standard InChI is InChI=1S/C31H32N6O4/c1-31(2,3)37(30(40)41)29-34-17-19(18-35-29)21-9-6-11-26-27(21)23-8-4-5-10-25(23)36(26)20-12-13-22(28(32)39)24(16-20)33-14-7-15-38/h4-6,8-13,16-18,33,38H,7,14-15H2,1-3H3,(H2,32,39)(H,40,41). The summed E-state index contributed by atoms with van der Waals surface area (Å²) in [5, 5.41) is 24.2. The van der Waals surface area contributed by atoms with Crippen molar-refractivity contribution in [2.45, 2.75) is 32.7 Å². The Morgan fingerprint density at radius 1 is 1.00 bits per heavy atom. The summed E-state index contributed by atoms with van der Waals surface area (Å²) >= 11 is 0. The number of hydrogen-bond acceptors (Lipinski definition) is 6. The maximum absolute atomic E-state index is 12.1. The predicted molar refractivity (Wildman–Crippen MR) is 161 cm³/mol. The molecule has 0 aliphatic carbocycles. The first kappa shape index (κ1) is 27.6. The number of nitrogens with zero attached hydrogens (tertiary/aromatic N) is 4. The molecular formula is C31H32N6O4. The average Bonchev–Trinajstić information content (AvgIpc) is 3.27. The second-order valence-electron chi connectivity index (χ2n) is 10.7. The SMILES string of the molecule is CC(C)(C)N(C(=O)O)c1ncc(-c2cccc3c2c2ccccc2n3-c2ccc(C(N)=O)c(NCCCO)c2)cn1. The number of benzene rings is 3. The van der Waals surface area contributed by atoms with Crippen molar-refractivity contribution in [1.82, 2.24) is 14.5 Å². The lowest BCUT2D eigenvalue weighted by molar-refractivity contribution is 0.100. The molecule has 2 amide bonds. The molecule has 0 radical (unpaired) electrons. The average molecular weight is 553 g/mol. The second kappa shape index (κ2) is 10.9. The van der Waals surface area contributed by atoms with Gasteiger partial charge in [-0.1, -0.05) is 30.3 Å². The topological polar surface area (TPSA) is 147 Å². The molecule has 2 aromatic heterocycles. The lowest BCUT2D eigenvalue weighted by atomic mass is 10.0. The highest BCUT2D eigenvalue weighted by atomic mass is 16.4. The van der Waals surface area contributed by atoms with Crippen LogP contribution in [0.3, 0.4) is 0 Å². The monoisotopic (exact) mass is 552 g/mol. The van der Waals surface area contributed by atoms with Crippen LogP contribution < -0.4 is 16.0 Å². The van der Waals surface area contributed by atoms with Crippen LogP contribution in [0, 0.1) is 0 Å². The molecule has 0 spiro atoms. The van der Waals surface area contributed by atoms with E-state index in [1.807, 2.05) is 48.5 Å². The fourth-order valence-electron chi connectivity index (χ4n) is 5.12. The van der Waals surface area contributed by atoms with E-state index >= 15 is 0 Å². The zero-order valence-electron chi connectivity index (χ0n) is 23.1. The molecule has 0 fully saturated rings. The Bertz CT molecular complexity index is 1760. The number of aliphatic hydroxyl groups is 1. The van der Waals surface area contributed by atoms with Gasteiger partial charge in [0.15, 0.2) is 0 Å². The summed E-state index contributed by atoms with van der Waals surface area (Å²) in [4.78, 5) is 34.0. The minimum atomic E-state index is -1.12. The fraction of sp³-hybridized carbons (Fsp3) is 0.226. The first-order valence-corrected chi connectivity index (χ1v) is 13.3. The summed E-state index contributed by atoms with van der Waals surface area (Å²) in [6.07, 6.45) is 2.70. The molecular weight excluding hydrogens is 520 g/mol. The first-order chi connectivity index (χ1) is 19.6. The van der Waals surface area contributed by atoms with Gasteiger partial charge in [-0.05, 0) is 63.1 Å². The van der Waals surface area contributed by atoms with Crippen LogP contribution in [0.2, 0.25) is 0 Å². The maximum Gasteiger partial charge on any atom is 0.414 e. The van der Waals surface area contributed by atoms with Gasteiger partial charge in [-0.2, -0.15) is 0 Å². The van der Waals surface area contributed by atoms with Crippen molar-refractivity contribution in [3.63, 3.8) is 0 Å². The lowest BCUT2D eigenvalue weighted by Crippen LogP contribution is -2.46. The van der Waals surface area contributed by atoms with Gasteiger partial charge in [0.05, 0.1) is 16.6 Å². The Morgan fingerprint density at radius 3 is 2.37 bits per heavy atom. The van der Waals surface area contributed by atoms with Gasteiger partial charge in [0.25, 0.3) is 5.91 Å². The van der Waals surface area contributed by atoms with Crippen molar-refractivity contribution in [2.24, 2.45) is 5.73 Å². The van der Waals surface area contributed by atoms with Gasteiger partial charge in [-0.3, -0.25) is 4.79 Å². The number of carboxylic acid groups (broad SMARTS) is 1. The molecule has 5 N–H and O–H groups in total. The molecule has 0 atom stereocenters. The van der Waals surface area contributed by atoms with Gasteiger partial charge in [-0.15, -0.1) is 0 Å². The van der Waals surface area contributed by atoms with Gasteiger partial charge in [0, 0.05) is 58.8 Å². The third kappa shape index (κ3) is 5.17. The number of rotatable bonds is 8. The largest absolute Gasteiger partial charge is 0.465 e. The number of anilines is 2. The smallest absolute Gasteiger partial charge is 0.414 e. The number of aliphatic hydroxyl groups excluding tert-OH is 1. The first-order valence-electron chi connectivity index (χ1n) is 13.3. The number of para-hydroxylation sites is 1. The molecule has 41 heavy (non-hydrogen) atoms. The van der Waals surface area contributed by atoms with Gasteiger partial charge < -0.3 is 25.8 Å². The van der Waals surface area contributed by atoms with Crippen molar-refractivity contribution in [2.75, 3.05) is 23.4 Å². The Morgan fingerprint density at radius 2 is 1.71 bits per heavy atom. The van der Waals surface area contributed by atoms with Gasteiger partial charge in [-0.25, -0.2) is 19.7 Å². The highest BCUT2D eigenvalue weighted by Gasteiger charge is 2.30. The van der Waals surface area contributed by atoms with E-state index in [4.69, 9.17) is 5.73 Å². The number of fused-ring (bicyclic) bond motifs is 3. The van der Waals surface area contributed by atoms with Crippen LogP contribution in [0.15, 0.2) is 73.1 Å². The molecule has 5 aromatic rings. The molecule has 210 valence electrons. The van der Waals surface area contributed by atoms with E-state index in [2.05, 4.69) is 25.9 Å². The molecule has 0 saturated heterocycles. The Balaban J connectivity index is 1.68. The third-order valence-corrected chi connectivity index (χ3v) is 6.89. The number of aromatic nitrogens is 3. The molecule has 10 heteroatoms. The van der Waals surface area contributed by atoms with E-state index in [-0.39, 0.29) is 12.6 Å². The van der Waals surface area contributed by atoms with Crippen molar-refractivity contribution in [3.05, 3.63) is 78.6 Å². The molecule has 5 rings (SSSR count). The Labute approximate surface area is 237 Å². The minimum Gasteiger partial charge on any atom is -0.465 e. The van der Waals surface area contributed by atoms with Crippen molar-refractivity contribution < 1.29 is 19.8 Å². The Kier molecular flexibility index (Phi) is 7.34. The van der Waals surface area contributed by atoms with Crippen LogP contribution in [-0.4, -0.2) is 55.4 Å². The molecule has 3 aromatic carbocycles. The van der Waals surface area contributed by atoms with Crippen LogP contribution >= 0.6 is 0 Å². The Hall–Kier alpha value is -4.96. The summed E-state index contributed by atoms with van der Waals surface area (Å²) < 4.78 is 2.12. The van der Waals surface area contributed by atoms with Crippen molar-refractivity contribution >= 4 is 45.4 Å². The van der Waals surface area contributed by atoms with E-state index in [9.17, 15) is 19.8 Å². The number of carbonyl (C=O) groups is 2. The van der Waals surface area contributed by atoms with Crippen LogP contribution in [0.1, 0.15) is 37.6 Å².